The number of carbonyl (C=O) groups is 1. The van der Waals surface area contributed by atoms with Gasteiger partial charge in [-0.05, 0) is 47.0 Å². The SMILES string of the molecule is CC(C)CCCC(C)NC(C)C(=O)OC(C)(C)C. The van der Waals surface area contributed by atoms with Crippen LogP contribution < -0.4 is 5.32 Å². The minimum atomic E-state index is -0.409. The highest BCUT2D eigenvalue weighted by Crippen LogP contribution is 2.11. The number of esters is 1. The van der Waals surface area contributed by atoms with Crippen LogP contribution in [0.2, 0.25) is 0 Å². The van der Waals surface area contributed by atoms with E-state index >= 15 is 0 Å². The Morgan fingerprint density at radius 3 is 2.11 bits per heavy atom. The predicted octanol–water partition coefficient (Wildman–Crippen LogP) is 3.52. The van der Waals surface area contributed by atoms with Crippen molar-refractivity contribution in [1.82, 2.24) is 5.32 Å². The highest BCUT2D eigenvalue weighted by atomic mass is 16.6. The van der Waals surface area contributed by atoms with E-state index in [1.807, 2.05) is 27.7 Å². The molecular weight excluding hydrogens is 226 g/mol. The highest BCUT2D eigenvalue weighted by molar-refractivity contribution is 5.75. The maximum atomic E-state index is 11.8. The number of hydrogen-bond acceptors (Lipinski definition) is 3. The first-order chi connectivity index (χ1) is 8.11. The fraction of sp³-hybridized carbons (Fsp3) is 0.933. The zero-order chi connectivity index (χ0) is 14.3. The maximum absolute atomic E-state index is 11.8. The lowest BCUT2D eigenvalue weighted by molar-refractivity contribution is -0.157. The smallest absolute Gasteiger partial charge is 0.323 e. The molecule has 0 bridgehead atoms. The molecule has 0 rings (SSSR count). The van der Waals surface area contributed by atoms with Gasteiger partial charge in [0.15, 0.2) is 0 Å². The number of hydrogen-bond donors (Lipinski definition) is 1. The molecule has 0 aromatic rings. The molecule has 0 radical (unpaired) electrons. The summed E-state index contributed by atoms with van der Waals surface area (Å²) in [6.45, 7) is 14.1. The van der Waals surface area contributed by atoms with E-state index in [2.05, 4.69) is 26.1 Å². The number of ether oxygens (including phenoxy) is 1. The molecule has 0 saturated heterocycles. The number of nitrogens with one attached hydrogen (secondary N) is 1. The van der Waals surface area contributed by atoms with Crippen LogP contribution in [-0.2, 0) is 9.53 Å². The van der Waals surface area contributed by atoms with Crippen molar-refractivity contribution in [3.63, 3.8) is 0 Å². The van der Waals surface area contributed by atoms with Gasteiger partial charge in [-0.25, -0.2) is 0 Å². The molecule has 0 spiro atoms. The molecule has 0 aliphatic heterocycles. The van der Waals surface area contributed by atoms with E-state index in [1.54, 1.807) is 0 Å². The van der Waals surface area contributed by atoms with Gasteiger partial charge in [-0.2, -0.15) is 0 Å². The van der Waals surface area contributed by atoms with Crippen LogP contribution in [0, 0.1) is 5.92 Å². The molecule has 0 aromatic heterocycles. The molecule has 108 valence electrons. The summed E-state index contributed by atoms with van der Waals surface area (Å²) >= 11 is 0. The predicted molar refractivity (Wildman–Crippen MR) is 76.6 cm³/mol. The van der Waals surface area contributed by atoms with Gasteiger partial charge in [-0.3, -0.25) is 4.79 Å². The molecule has 0 aliphatic rings. The van der Waals surface area contributed by atoms with Gasteiger partial charge in [-0.1, -0.05) is 26.7 Å². The van der Waals surface area contributed by atoms with Gasteiger partial charge >= 0.3 is 5.97 Å². The Bertz CT molecular complexity index is 243. The third kappa shape index (κ3) is 9.46. The summed E-state index contributed by atoms with van der Waals surface area (Å²) in [4.78, 5) is 11.8. The van der Waals surface area contributed by atoms with Crippen LogP contribution in [0.3, 0.4) is 0 Å². The molecule has 0 amide bonds. The third-order valence-electron chi connectivity index (χ3n) is 2.71. The average Bonchev–Trinajstić information content (AvgIpc) is 2.13. The van der Waals surface area contributed by atoms with Crippen molar-refractivity contribution in [3.05, 3.63) is 0 Å². The van der Waals surface area contributed by atoms with Crippen LogP contribution in [-0.4, -0.2) is 23.7 Å². The Labute approximate surface area is 113 Å². The van der Waals surface area contributed by atoms with Crippen LogP contribution in [0.25, 0.3) is 0 Å². The van der Waals surface area contributed by atoms with E-state index in [1.165, 1.54) is 12.8 Å². The number of rotatable bonds is 7. The molecule has 3 heteroatoms. The van der Waals surface area contributed by atoms with Gasteiger partial charge in [0.2, 0.25) is 0 Å². The van der Waals surface area contributed by atoms with Gasteiger partial charge < -0.3 is 10.1 Å². The summed E-state index contributed by atoms with van der Waals surface area (Å²) in [6.07, 6.45) is 3.55. The lowest BCUT2D eigenvalue weighted by Gasteiger charge is -2.24. The minimum Gasteiger partial charge on any atom is -0.459 e. The zero-order valence-electron chi connectivity index (χ0n) is 13.2. The van der Waals surface area contributed by atoms with Gasteiger partial charge in [0, 0.05) is 6.04 Å². The second-order valence-corrected chi connectivity index (χ2v) is 6.65. The van der Waals surface area contributed by atoms with Crippen molar-refractivity contribution in [2.75, 3.05) is 0 Å². The van der Waals surface area contributed by atoms with Crippen molar-refractivity contribution >= 4 is 5.97 Å². The monoisotopic (exact) mass is 257 g/mol. The Morgan fingerprint density at radius 2 is 1.67 bits per heavy atom. The second-order valence-electron chi connectivity index (χ2n) is 6.65. The summed E-state index contributed by atoms with van der Waals surface area (Å²) in [5.41, 5.74) is -0.409. The molecule has 0 aromatic carbocycles. The van der Waals surface area contributed by atoms with Crippen molar-refractivity contribution in [2.45, 2.75) is 85.4 Å². The fourth-order valence-corrected chi connectivity index (χ4v) is 1.80. The van der Waals surface area contributed by atoms with Crippen LogP contribution >= 0.6 is 0 Å². The van der Waals surface area contributed by atoms with Crippen LogP contribution in [0.15, 0.2) is 0 Å². The van der Waals surface area contributed by atoms with Gasteiger partial charge in [0.1, 0.15) is 11.6 Å². The van der Waals surface area contributed by atoms with Gasteiger partial charge in [0.05, 0.1) is 0 Å². The van der Waals surface area contributed by atoms with E-state index in [9.17, 15) is 4.79 Å². The molecule has 0 fully saturated rings. The minimum absolute atomic E-state index is 0.168. The van der Waals surface area contributed by atoms with Crippen molar-refractivity contribution in [2.24, 2.45) is 5.92 Å². The highest BCUT2D eigenvalue weighted by Gasteiger charge is 2.22. The number of carbonyl (C=O) groups excluding carboxylic acids is 1. The molecule has 1 N–H and O–H groups in total. The first kappa shape index (κ1) is 17.4. The molecule has 18 heavy (non-hydrogen) atoms. The van der Waals surface area contributed by atoms with Gasteiger partial charge in [-0.15, -0.1) is 0 Å². The topological polar surface area (TPSA) is 38.3 Å². The van der Waals surface area contributed by atoms with Crippen molar-refractivity contribution < 1.29 is 9.53 Å². The lowest BCUT2D eigenvalue weighted by Crippen LogP contribution is -2.43. The first-order valence-corrected chi connectivity index (χ1v) is 7.10. The Kier molecular flexibility index (Phi) is 7.53. The van der Waals surface area contributed by atoms with Crippen LogP contribution in [0.1, 0.15) is 67.7 Å². The van der Waals surface area contributed by atoms with Crippen molar-refractivity contribution in [3.8, 4) is 0 Å². The quantitative estimate of drug-likeness (QED) is 0.709. The zero-order valence-corrected chi connectivity index (χ0v) is 13.2. The van der Waals surface area contributed by atoms with Crippen molar-refractivity contribution in [1.29, 1.82) is 0 Å². The summed E-state index contributed by atoms with van der Waals surface area (Å²) in [6, 6.07) is 0.115. The Morgan fingerprint density at radius 1 is 1.11 bits per heavy atom. The van der Waals surface area contributed by atoms with E-state index in [0.717, 1.165) is 12.3 Å². The van der Waals surface area contributed by atoms with E-state index < -0.39 is 5.60 Å². The molecule has 0 heterocycles. The fourth-order valence-electron chi connectivity index (χ4n) is 1.80. The average molecular weight is 257 g/mol. The molecule has 2 unspecified atom stereocenters. The Balaban J connectivity index is 3.92. The lowest BCUT2D eigenvalue weighted by atomic mass is 10.0. The molecule has 2 atom stereocenters. The van der Waals surface area contributed by atoms with Gasteiger partial charge in [0.25, 0.3) is 0 Å². The molecular formula is C15H31NO2. The van der Waals surface area contributed by atoms with Crippen LogP contribution in [0.4, 0.5) is 0 Å². The van der Waals surface area contributed by atoms with Crippen LogP contribution in [0.5, 0.6) is 0 Å². The summed E-state index contributed by atoms with van der Waals surface area (Å²) in [5, 5.41) is 3.30. The van der Waals surface area contributed by atoms with E-state index in [0.29, 0.717) is 6.04 Å². The Hall–Kier alpha value is -0.570. The maximum Gasteiger partial charge on any atom is 0.323 e. The first-order valence-electron chi connectivity index (χ1n) is 7.10. The molecule has 0 aliphatic carbocycles. The molecule has 3 nitrogen and oxygen atoms in total. The second kappa shape index (κ2) is 7.78. The largest absolute Gasteiger partial charge is 0.459 e. The van der Waals surface area contributed by atoms with E-state index in [4.69, 9.17) is 4.74 Å². The molecule has 0 saturated carbocycles. The summed E-state index contributed by atoms with van der Waals surface area (Å²) < 4.78 is 5.34. The normalized spacial score (nSPS) is 15.6. The standard InChI is InChI=1S/C15H31NO2/c1-11(2)9-8-10-12(3)16-13(4)14(17)18-15(5,6)7/h11-13,16H,8-10H2,1-7H3. The third-order valence-corrected chi connectivity index (χ3v) is 2.71. The van der Waals surface area contributed by atoms with E-state index in [-0.39, 0.29) is 12.0 Å². The summed E-state index contributed by atoms with van der Waals surface area (Å²) in [5.74, 6) is 0.582. The summed E-state index contributed by atoms with van der Waals surface area (Å²) in [7, 11) is 0.